The maximum absolute atomic E-state index is 12.7. The molecule has 0 amide bonds. The zero-order valence-electron chi connectivity index (χ0n) is 13.5. The van der Waals surface area contributed by atoms with Crippen molar-refractivity contribution in [3.05, 3.63) is 77.7 Å². The third-order valence-corrected chi connectivity index (χ3v) is 4.13. The Balaban J connectivity index is 1.77. The zero-order chi connectivity index (χ0) is 17.4. The first-order valence-corrected chi connectivity index (χ1v) is 7.80. The summed E-state index contributed by atoms with van der Waals surface area (Å²) in [5.74, 6) is 0.394. The number of rotatable bonds is 3. The third-order valence-electron chi connectivity index (χ3n) is 4.13. The Bertz CT molecular complexity index is 1090. The average molecular weight is 329 g/mol. The van der Waals surface area contributed by atoms with Crippen molar-refractivity contribution in [2.75, 3.05) is 5.73 Å². The number of nitrogen functional groups attached to an aromatic ring is 1. The van der Waals surface area contributed by atoms with Gasteiger partial charge in [0.2, 0.25) is 0 Å². The molecule has 0 fully saturated rings. The summed E-state index contributed by atoms with van der Waals surface area (Å²) in [5, 5.41) is 5.05. The number of hydrogen-bond acceptors (Lipinski definition) is 5. The number of aromatic nitrogens is 4. The van der Waals surface area contributed by atoms with Crippen LogP contribution in [0.2, 0.25) is 0 Å². The van der Waals surface area contributed by atoms with Crippen molar-refractivity contribution in [2.24, 2.45) is 0 Å². The van der Waals surface area contributed by atoms with Gasteiger partial charge in [-0.15, -0.1) is 0 Å². The van der Waals surface area contributed by atoms with Crippen LogP contribution in [0.3, 0.4) is 0 Å². The first kappa shape index (κ1) is 15.0. The number of hydrogen-bond donors (Lipinski definition) is 1. The van der Waals surface area contributed by atoms with Gasteiger partial charge in [0, 0.05) is 11.1 Å². The molecule has 0 aliphatic carbocycles. The minimum absolute atomic E-state index is 0.00143. The summed E-state index contributed by atoms with van der Waals surface area (Å²) in [4.78, 5) is 20.9. The Labute approximate surface area is 144 Å². The van der Waals surface area contributed by atoms with Crippen LogP contribution in [0.1, 0.15) is 21.5 Å². The van der Waals surface area contributed by atoms with Crippen molar-refractivity contribution >= 4 is 22.6 Å². The summed E-state index contributed by atoms with van der Waals surface area (Å²) in [7, 11) is 0. The van der Waals surface area contributed by atoms with Gasteiger partial charge < -0.3 is 5.73 Å². The fraction of sp³-hybridized carbons (Fsp3) is 0.0526. The Kier molecular flexibility index (Phi) is 3.50. The second-order valence-electron chi connectivity index (χ2n) is 5.75. The fourth-order valence-electron chi connectivity index (χ4n) is 2.83. The van der Waals surface area contributed by atoms with Crippen LogP contribution in [-0.2, 0) is 0 Å². The lowest BCUT2D eigenvalue weighted by molar-refractivity contribution is 0.103. The van der Waals surface area contributed by atoms with E-state index < -0.39 is 0 Å². The lowest BCUT2D eigenvalue weighted by Crippen LogP contribution is -2.05. The van der Waals surface area contributed by atoms with Crippen molar-refractivity contribution in [3.8, 4) is 5.69 Å². The second kappa shape index (κ2) is 5.83. The van der Waals surface area contributed by atoms with Crippen LogP contribution >= 0.6 is 0 Å². The molecule has 0 radical (unpaired) electrons. The summed E-state index contributed by atoms with van der Waals surface area (Å²) in [6.07, 6.45) is 3.05. The van der Waals surface area contributed by atoms with Crippen molar-refractivity contribution in [1.29, 1.82) is 0 Å². The summed E-state index contributed by atoms with van der Waals surface area (Å²) < 4.78 is 1.69. The van der Waals surface area contributed by atoms with E-state index in [0.717, 1.165) is 11.3 Å². The number of aryl methyl sites for hydroxylation is 1. The van der Waals surface area contributed by atoms with Gasteiger partial charge in [-0.25, -0.2) is 14.6 Å². The molecular formula is C19H15N5O. The average Bonchev–Trinajstić information content (AvgIpc) is 3.07. The first-order valence-electron chi connectivity index (χ1n) is 7.80. The molecule has 4 rings (SSSR count). The molecule has 0 bridgehead atoms. The maximum atomic E-state index is 12.7. The summed E-state index contributed by atoms with van der Waals surface area (Å²) in [6, 6.07) is 14.8. The molecule has 2 N–H and O–H groups in total. The minimum atomic E-state index is 0.00143. The van der Waals surface area contributed by atoms with Gasteiger partial charge in [-0.3, -0.25) is 4.79 Å². The van der Waals surface area contributed by atoms with E-state index >= 15 is 0 Å². The summed E-state index contributed by atoms with van der Waals surface area (Å²) >= 11 is 0. The molecule has 0 aliphatic rings. The molecule has 0 unspecified atom stereocenters. The molecule has 2 aromatic heterocycles. The molecule has 122 valence electrons. The highest BCUT2D eigenvalue weighted by Crippen LogP contribution is 2.22. The van der Waals surface area contributed by atoms with Gasteiger partial charge in [-0.1, -0.05) is 30.3 Å². The second-order valence-corrected chi connectivity index (χ2v) is 5.75. The topological polar surface area (TPSA) is 86.7 Å². The van der Waals surface area contributed by atoms with Crippen LogP contribution in [0.5, 0.6) is 0 Å². The molecule has 2 aromatic carbocycles. The third kappa shape index (κ3) is 2.53. The standard InChI is InChI=1S/C19H15N5O/c1-12-9-14(24-19-16(10-23-24)18(20)21-11-22-19)7-8-15(12)17(25)13-5-3-2-4-6-13/h2-11H,1H3,(H2,20,21,22). The van der Waals surface area contributed by atoms with E-state index in [1.165, 1.54) is 6.33 Å². The van der Waals surface area contributed by atoms with Crippen LogP contribution in [0.25, 0.3) is 16.7 Å². The molecule has 0 saturated heterocycles. The van der Waals surface area contributed by atoms with E-state index in [2.05, 4.69) is 15.1 Å². The number of nitrogens with two attached hydrogens (primary N) is 1. The van der Waals surface area contributed by atoms with Gasteiger partial charge in [0.25, 0.3) is 0 Å². The maximum Gasteiger partial charge on any atom is 0.193 e. The van der Waals surface area contributed by atoms with Crippen LogP contribution in [0.4, 0.5) is 5.82 Å². The predicted octanol–water partition coefficient (Wildman–Crippen LogP) is 2.94. The van der Waals surface area contributed by atoms with Gasteiger partial charge in [0.1, 0.15) is 12.1 Å². The zero-order valence-corrected chi connectivity index (χ0v) is 13.5. The Morgan fingerprint density at radius 2 is 1.88 bits per heavy atom. The Morgan fingerprint density at radius 1 is 1.08 bits per heavy atom. The summed E-state index contributed by atoms with van der Waals surface area (Å²) in [6.45, 7) is 1.91. The van der Waals surface area contributed by atoms with Crippen molar-refractivity contribution in [3.63, 3.8) is 0 Å². The van der Waals surface area contributed by atoms with E-state index in [-0.39, 0.29) is 5.78 Å². The molecular weight excluding hydrogens is 314 g/mol. The minimum Gasteiger partial charge on any atom is -0.383 e. The lowest BCUT2D eigenvalue weighted by Gasteiger charge is -2.09. The fourth-order valence-corrected chi connectivity index (χ4v) is 2.83. The Hall–Kier alpha value is -3.54. The quantitative estimate of drug-likeness (QED) is 0.584. The number of fused-ring (bicyclic) bond motifs is 1. The van der Waals surface area contributed by atoms with E-state index in [1.807, 2.05) is 55.5 Å². The van der Waals surface area contributed by atoms with Gasteiger partial charge in [-0.05, 0) is 30.7 Å². The van der Waals surface area contributed by atoms with Crippen LogP contribution in [0.15, 0.2) is 61.1 Å². The first-order chi connectivity index (χ1) is 12.1. The van der Waals surface area contributed by atoms with Crippen LogP contribution in [0, 0.1) is 6.92 Å². The number of nitrogens with zero attached hydrogens (tertiary/aromatic N) is 4. The van der Waals surface area contributed by atoms with Gasteiger partial charge in [0.15, 0.2) is 11.4 Å². The largest absolute Gasteiger partial charge is 0.383 e. The SMILES string of the molecule is Cc1cc(-n2ncc3c(N)ncnc32)ccc1C(=O)c1ccccc1. The number of benzene rings is 2. The van der Waals surface area contributed by atoms with E-state index in [9.17, 15) is 4.79 Å². The molecule has 4 aromatic rings. The van der Waals surface area contributed by atoms with Crippen LogP contribution in [-0.4, -0.2) is 25.5 Å². The van der Waals surface area contributed by atoms with Crippen LogP contribution < -0.4 is 5.73 Å². The Morgan fingerprint density at radius 3 is 2.64 bits per heavy atom. The highest BCUT2D eigenvalue weighted by molar-refractivity contribution is 6.10. The van der Waals surface area contributed by atoms with Gasteiger partial charge in [0.05, 0.1) is 17.3 Å². The highest BCUT2D eigenvalue weighted by atomic mass is 16.1. The normalized spacial score (nSPS) is 10.9. The number of carbonyl (C=O) groups is 1. The van der Waals surface area contributed by atoms with Crippen molar-refractivity contribution < 1.29 is 4.79 Å². The molecule has 6 heteroatoms. The number of carbonyl (C=O) groups excluding carboxylic acids is 1. The van der Waals surface area contributed by atoms with Crippen molar-refractivity contribution in [1.82, 2.24) is 19.7 Å². The summed E-state index contributed by atoms with van der Waals surface area (Å²) in [5.41, 5.74) is 9.51. The van der Waals surface area contributed by atoms with Gasteiger partial charge in [-0.2, -0.15) is 5.10 Å². The molecule has 0 atom stereocenters. The monoisotopic (exact) mass is 329 g/mol. The highest BCUT2D eigenvalue weighted by Gasteiger charge is 2.14. The molecule has 0 saturated carbocycles. The molecule has 0 aliphatic heterocycles. The van der Waals surface area contributed by atoms with E-state index in [4.69, 9.17) is 5.73 Å². The smallest absolute Gasteiger partial charge is 0.193 e. The molecule has 6 nitrogen and oxygen atoms in total. The van der Waals surface area contributed by atoms with E-state index in [0.29, 0.717) is 28.0 Å². The molecule has 0 spiro atoms. The van der Waals surface area contributed by atoms with Crippen molar-refractivity contribution in [2.45, 2.75) is 6.92 Å². The van der Waals surface area contributed by atoms with Gasteiger partial charge >= 0.3 is 0 Å². The predicted molar refractivity (Wildman–Crippen MR) is 95.7 cm³/mol. The molecule has 2 heterocycles. The molecule has 25 heavy (non-hydrogen) atoms. The lowest BCUT2D eigenvalue weighted by atomic mass is 9.99. The number of ketones is 1. The number of anilines is 1. The van der Waals surface area contributed by atoms with E-state index in [1.54, 1.807) is 10.9 Å².